The SMILES string of the molecule is CC(C)(C)c1cc(OCc2ccc(C(=O)O)cc2)cc(C(C)(C)C)c1. The Hall–Kier alpha value is -2.29. The Morgan fingerprint density at radius 3 is 1.76 bits per heavy atom. The summed E-state index contributed by atoms with van der Waals surface area (Å²) in [5.41, 5.74) is 3.81. The van der Waals surface area contributed by atoms with Crippen LogP contribution in [0.25, 0.3) is 0 Å². The van der Waals surface area contributed by atoms with Crippen molar-refractivity contribution in [2.24, 2.45) is 0 Å². The molecule has 2 rings (SSSR count). The maximum Gasteiger partial charge on any atom is 0.335 e. The largest absolute Gasteiger partial charge is 0.489 e. The van der Waals surface area contributed by atoms with E-state index in [2.05, 4.69) is 59.7 Å². The van der Waals surface area contributed by atoms with E-state index in [1.807, 2.05) is 0 Å². The molecule has 134 valence electrons. The molecule has 0 atom stereocenters. The third kappa shape index (κ3) is 5.09. The van der Waals surface area contributed by atoms with E-state index in [0.29, 0.717) is 6.61 Å². The van der Waals surface area contributed by atoms with E-state index in [-0.39, 0.29) is 16.4 Å². The highest BCUT2D eigenvalue weighted by molar-refractivity contribution is 5.87. The molecule has 0 radical (unpaired) electrons. The molecule has 2 aromatic carbocycles. The Morgan fingerprint density at radius 1 is 0.880 bits per heavy atom. The van der Waals surface area contributed by atoms with Gasteiger partial charge in [0.15, 0.2) is 0 Å². The smallest absolute Gasteiger partial charge is 0.335 e. The van der Waals surface area contributed by atoms with Gasteiger partial charge in [0.2, 0.25) is 0 Å². The molecule has 0 aliphatic rings. The van der Waals surface area contributed by atoms with Gasteiger partial charge in [0, 0.05) is 0 Å². The Kier molecular flexibility index (Phi) is 5.26. The molecule has 3 nitrogen and oxygen atoms in total. The van der Waals surface area contributed by atoms with Crippen LogP contribution in [-0.2, 0) is 17.4 Å². The first kappa shape index (κ1) is 19.0. The number of carboxylic acids is 1. The first-order valence-electron chi connectivity index (χ1n) is 8.58. The zero-order valence-corrected chi connectivity index (χ0v) is 16.0. The third-order valence-corrected chi connectivity index (χ3v) is 4.24. The lowest BCUT2D eigenvalue weighted by molar-refractivity contribution is 0.0697. The standard InChI is InChI=1S/C22H28O3/c1-21(2,3)17-11-18(22(4,5)6)13-19(12-17)25-14-15-7-9-16(10-8-15)20(23)24/h7-13H,14H2,1-6H3,(H,23,24). The summed E-state index contributed by atoms with van der Waals surface area (Å²) in [6.45, 7) is 13.6. The van der Waals surface area contributed by atoms with Gasteiger partial charge >= 0.3 is 5.97 Å². The molecule has 0 saturated heterocycles. The minimum atomic E-state index is -0.917. The summed E-state index contributed by atoms with van der Waals surface area (Å²) in [5, 5.41) is 8.97. The molecule has 0 saturated carbocycles. The lowest BCUT2D eigenvalue weighted by Gasteiger charge is -2.26. The van der Waals surface area contributed by atoms with Crippen molar-refractivity contribution in [3.05, 3.63) is 64.7 Å². The monoisotopic (exact) mass is 340 g/mol. The highest BCUT2D eigenvalue weighted by Crippen LogP contribution is 2.33. The number of rotatable bonds is 4. The van der Waals surface area contributed by atoms with Crippen molar-refractivity contribution in [2.75, 3.05) is 0 Å². The average molecular weight is 340 g/mol. The van der Waals surface area contributed by atoms with Gasteiger partial charge in [-0.25, -0.2) is 4.79 Å². The van der Waals surface area contributed by atoms with Crippen molar-refractivity contribution >= 4 is 5.97 Å². The van der Waals surface area contributed by atoms with Gasteiger partial charge < -0.3 is 9.84 Å². The second-order valence-corrected chi connectivity index (χ2v) is 8.54. The molecular formula is C22H28O3. The summed E-state index contributed by atoms with van der Waals surface area (Å²) >= 11 is 0. The van der Waals surface area contributed by atoms with E-state index in [1.165, 1.54) is 11.1 Å². The van der Waals surface area contributed by atoms with Gasteiger partial charge in [-0.2, -0.15) is 0 Å². The van der Waals surface area contributed by atoms with Crippen LogP contribution in [0.3, 0.4) is 0 Å². The van der Waals surface area contributed by atoms with Crippen molar-refractivity contribution in [2.45, 2.75) is 59.0 Å². The molecular weight excluding hydrogens is 312 g/mol. The summed E-state index contributed by atoms with van der Waals surface area (Å²) < 4.78 is 6.02. The van der Waals surface area contributed by atoms with E-state index in [4.69, 9.17) is 9.84 Å². The molecule has 0 heterocycles. The van der Waals surface area contributed by atoms with E-state index < -0.39 is 5.97 Å². The summed E-state index contributed by atoms with van der Waals surface area (Å²) in [5.74, 6) is -0.0696. The first-order valence-corrected chi connectivity index (χ1v) is 8.58. The minimum Gasteiger partial charge on any atom is -0.489 e. The van der Waals surface area contributed by atoms with Crippen LogP contribution in [0.1, 0.15) is 68.6 Å². The maximum absolute atomic E-state index is 10.9. The zero-order valence-electron chi connectivity index (χ0n) is 16.0. The van der Waals surface area contributed by atoms with E-state index in [9.17, 15) is 4.79 Å². The Bertz CT molecular complexity index is 712. The number of benzene rings is 2. The normalized spacial score (nSPS) is 12.1. The molecule has 0 aliphatic carbocycles. The van der Waals surface area contributed by atoms with E-state index in [1.54, 1.807) is 24.3 Å². The topological polar surface area (TPSA) is 46.5 Å². The Balaban J connectivity index is 2.24. The maximum atomic E-state index is 10.9. The van der Waals surface area contributed by atoms with Crippen LogP contribution < -0.4 is 4.74 Å². The summed E-state index contributed by atoms with van der Waals surface area (Å²) in [4.78, 5) is 10.9. The van der Waals surface area contributed by atoms with Crippen molar-refractivity contribution < 1.29 is 14.6 Å². The van der Waals surface area contributed by atoms with Crippen LogP contribution in [0.2, 0.25) is 0 Å². The molecule has 2 aromatic rings. The van der Waals surface area contributed by atoms with Crippen molar-refractivity contribution in [3.63, 3.8) is 0 Å². The van der Waals surface area contributed by atoms with Gasteiger partial charge in [-0.15, -0.1) is 0 Å². The second-order valence-electron chi connectivity index (χ2n) is 8.54. The lowest BCUT2D eigenvalue weighted by Crippen LogP contribution is -2.16. The average Bonchev–Trinajstić information content (AvgIpc) is 2.51. The zero-order chi connectivity index (χ0) is 18.8. The van der Waals surface area contributed by atoms with Gasteiger partial charge in [0.05, 0.1) is 5.56 Å². The van der Waals surface area contributed by atoms with Crippen molar-refractivity contribution in [1.82, 2.24) is 0 Å². The molecule has 0 spiro atoms. The molecule has 0 fully saturated rings. The van der Waals surface area contributed by atoms with Crippen LogP contribution in [0, 0.1) is 0 Å². The van der Waals surface area contributed by atoms with Crippen LogP contribution >= 0.6 is 0 Å². The predicted molar refractivity (Wildman–Crippen MR) is 102 cm³/mol. The predicted octanol–water partition coefficient (Wildman–Crippen LogP) is 5.56. The van der Waals surface area contributed by atoms with Gasteiger partial charge in [-0.1, -0.05) is 59.7 Å². The number of hydrogen-bond donors (Lipinski definition) is 1. The molecule has 1 N–H and O–H groups in total. The first-order chi connectivity index (χ1) is 11.5. The fourth-order valence-electron chi connectivity index (χ4n) is 2.46. The van der Waals surface area contributed by atoms with Crippen molar-refractivity contribution in [3.8, 4) is 5.75 Å². The Labute approximate surface area is 150 Å². The molecule has 0 amide bonds. The molecule has 0 aromatic heterocycles. The summed E-state index contributed by atoms with van der Waals surface area (Å²) in [6.07, 6.45) is 0. The minimum absolute atomic E-state index is 0.0442. The van der Waals surface area contributed by atoms with Gasteiger partial charge in [0.25, 0.3) is 0 Å². The molecule has 0 unspecified atom stereocenters. The fraction of sp³-hybridized carbons (Fsp3) is 0.409. The fourth-order valence-corrected chi connectivity index (χ4v) is 2.46. The van der Waals surface area contributed by atoms with Gasteiger partial charge in [0.1, 0.15) is 12.4 Å². The van der Waals surface area contributed by atoms with E-state index >= 15 is 0 Å². The summed E-state index contributed by atoms with van der Waals surface area (Å²) in [7, 11) is 0. The highest BCUT2D eigenvalue weighted by atomic mass is 16.5. The second kappa shape index (κ2) is 6.91. The third-order valence-electron chi connectivity index (χ3n) is 4.24. The van der Waals surface area contributed by atoms with Gasteiger partial charge in [-0.3, -0.25) is 0 Å². The highest BCUT2D eigenvalue weighted by Gasteiger charge is 2.21. The van der Waals surface area contributed by atoms with Crippen LogP contribution in [-0.4, -0.2) is 11.1 Å². The quantitative estimate of drug-likeness (QED) is 0.792. The number of ether oxygens (including phenoxy) is 1. The van der Waals surface area contributed by atoms with Crippen molar-refractivity contribution in [1.29, 1.82) is 0 Å². The summed E-state index contributed by atoms with van der Waals surface area (Å²) in [6, 6.07) is 13.3. The molecule has 25 heavy (non-hydrogen) atoms. The molecule has 3 heteroatoms. The number of aromatic carboxylic acids is 1. The van der Waals surface area contributed by atoms with Crippen LogP contribution in [0.15, 0.2) is 42.5 Å². The van der Waals surface area contributed by atoms with E-state index in [0.717, 1.165) is 11.3 Å². The number of carbonyl (C=O) groups is 1. The molecule has 0 aliphatic heterocycles. The van der Waals surface area contributed by atoms with Crippen LogP contribution in [0.4, 0.5) is 0 Å². The molecule has 0 bridgehead atoms. The lowest BCUT2D eigenvalue weighted by atomic mass is 9.80. The van der Waals surface area contributed by atoms with Gasteiger partial charge in [-0.05, 0) is 51.8 Å². The van der Waals surface area contributed by atoms with Crippen LogP contribution in [0.5, 0.6) is 5.75 Å². The Morgan fingerprint density at radius 2 is 1.36 bits per heavy atom. The number of carboxylic acid groups (broad SMARTS) is 1. The number of hydrogen-bond acceptors (Lipinski definition) is 2.